The minimum absolute atomic E-state index is 0.116. The van der Waals surface area contributed by atoms with Crippen LogP contribution in [-0.4, -0.2) is 48.3 Å². The van der Waals surface area contributed by atoms with Gasteiger partial charge in [0.25, 0.3) is 0 Å². The van der Waals surface area contributed by atoms with E-state index in [4.69, 9.17) is 0 Å². The Balaban J connectivity index is 1.68. The van der Waals surface area contributed by atoms with E-state index in [1.165, 1.54) is 58.3 Å². The first-order chi connectivity index (χ1) is 7.75. The van der Waals surface area contributed by atoms with Crippen molar-refractivity contribution in [1.82, 2.24) is 10.2 Å². The number of nitrogens with zero attached hydrogens (tertiary/aromatic N) is 1. The van der Waals surface area contributed by atoms with Crippen LogP contribution in [0.5, 0.6) is 0 Å². The second kappa shape index (κ2) is 5.99. The third-order valence-electron chi connectivity index (χ3n) is 4.21. The maximum Gasteiger partial charge on any atom is 0.0541 e. The molecule has 2 saturated heterocycles. The Hall–Kier alpha value is -0.120. The average molecular weight is 226 g/mol. The molecule has 0 spiro atoms. The molecule has 0 aromatic rings. The molecule has 2 aliphatic heterocycles. The highest BCUT2D eigenvalue weighted by Crippen LogP contribution is 2.21. The molecule has 0 aliphatic carbocycles. The van der Waals surface area contributed by atoms with Gasteiger partial charge in [0.2, 0.25) is 0 Å². The van der Waals surface area contributed by atoms with Crippen molar-refractivity contribution in [1.29, 1.82) is 0 Å². The topological polar surface area (TPSA) is 35.5 Å². The molecule has 2 aliphatic rings. The van der Waals surface area contributed by atoms with E-state index in [2.05, 4.69) is 10.2 Å². The van der Waals surface area contributed by atoms with Crippen molar-refractivity contribution in [3.05, 3.63) is 0 Å². The van der Waals surface area contributed by atoms with Crippen LogP contribution < -0.4 is 5.32 Å². The number of piperidine rings is 2. The third-order valence-corrected chi connectivity index (χ3v) is 4.21. The van der Waals surface area contributed by atoms with Gasteiger partial charge in [-0.25, -0.2) is 0 Å². The van der Waals surface area contributed by atoms with E-state index in [1.54, 1.807) is 0 Å². The molecule has 0 aromatic heterocycles. The highest BCUT2D eigenvalue weighted by Gasteiger charge is 2.24. The molecule has 2 rings (SSSR count). The number of likely N-dealkylation sites (tertiary alicyclic amines) is 1. The molecule has 0 aromatic carbocycles. The van der Waals surface area contributed by atoms with Crippen LogP contribution in [0.15, 0.2) is 0 Å². The zero-order valence-corrected chi connectivity index (χ0v) is 10.5. The van der Waals surface area contributed by atoms with Crippen molar-refractivity contribution in [3.8, 4) is 0 Å². The van der Waals surface area contributed by atoms with Gasteiger partial charge in [-0.1, -0.05) is 6.42 Å². The van der Waals surface area contributed by atoms with E-state index in [0.29, 0.717) is 5.92 Å². The van der Waals surface area contributed by atoms with Crippen LogP contribution in [0.3, 0.4) is 0 Å². The van der Waals surface area contributed by atoms with Crippen LogP contribution in [0.4, 0.5) is 0 Å². The van der Waals surface area contributed by atoms with E-state index in [-0.39, 0.29) is 6.10 Å². The summed E-state index contributed by atoms with van der Waals surface area (Å²) in [5.74, 6) is 0.538. The molecule has 2 unspecified atom stereocenters. The van der Waals surface area contributed by atoms with Crippen molar-refractivity contribution in [2.75, 3.05) is 26.2 Å². The fourth-order valence-corrected chi connectivity index (χ4v) is 3.01. The smallest absolute Gasteiger partial charge is 0.0541 e. The predicted molar refractivity (Wildman–Crippen MR) is 66.5 cm³/mol. The lowest BCUT2D eigenvalue weighted by molar-refractivity contribution is 0.0674. The van der Waals surface area contributed by atoms with Gasteiger partial charge >= 0.3 is 0 Å². The normalized spacial score (nSPS) is 31.5. The zero-order chi connectivity index (χ0) is 11.4. The summed E-state index contributed by atoms with van der Waals surface area (Å²) in [6.07, 6.45) is 6.31. The van der Waals surface area contributed by atoms with Crippen LogP contribution in [0.25, 0.3) is 0 Å². The second-order valence-corrected chi connectivity index (χ2v) is 5.53. The van der Waals surface area contributed by atoms with Gasteiger partial charge in [0, 0.05) is 12.6 Å². The van der Waals surface area contributed by atoms with Crippen molar-refractivity contribution >= 4 is 0 Å². The highest BCUT2D eigenvalue weighted by molar-refractivity contribution is 4.80. The lowest BCUT2D eigenvalue weighted by atomic mass is 9.91. The van der Waals surface area contributed by atoms with Gasteiger partial charge in [0.1, 0.15) is 0 Å². The van der Waals surface area contributed by atoms with Crippen molar-refractivity contribution in [3.63, 3.8) is 0 Å². The number of hydrogen-bond donors (Lipinski definition) is 2. The standard InChI is InChI=1S/C13H26N2O/c1-11(16)12-5-8-15(9-6-12)10-13-4-2-3-7-14-13/h11-14,16H,2-10H2,1H3. The van der Waals surface area contributed by atoms with Crippen molar-refractivity contribution < 1.29 is 5.11 Å². The Morgan fingerprint density at radius 1 is 1.25 bits per heavy atom. The first-order valence-corrected chi connectivity index (χ1v) is 6.89. The largest absolute Gasteiger partial charge is 0.393 e. The van der Waals surface area contributed by atoms with Gasteiger partial charge in [-0.3, -0.25) is 0 Å². The third kappa shape index (κ3) is 3.44. The molecule has 2 heterocycles. The van der Waals surface area contributed by atoms with E-state index in [0.717, 1.165) is 6.04 Å². The maximum atomic E-state index is 9.55. The van der Waals surface area contributed by atoms with E-state index < -0.39 is 0 Å². The molecule has 16 heavy (non-hydrogen) atoms. The average Bonchev–Trinajstić information content (AvgIpc) is 2.31. The summed E-state index contributed by atoms with van der Waals surface area (Å²) >= 11 is 0. The Bertz CT molecular complexity index is 194. The summed E-state index contributed by atoms with van der Waals surface area (Å²) in [7, 11) is 0. The minimum Gasteiger partial charge on any atom is -0.393 e. The van der Waals surface area contributed by atoms with Crippen molar-refractivity contribution in [2.45, 2.75) is 51.2 Å². The summed E-state index contributed by atoms with van der Waals surface area (Å²) in [4.78, 5) is 2.57. The van der Waals surface area contributed by atoms with Crippen LogP contribution >= 0.6 is 0 Å². The summed E-state index contributed by atoms with van der Waals surface area (Å²) in [5.41, 5.74) is 0. The SMILES string of the molecule is CC(O)C1CCN(CC2CCCCN2)CC1. The molecule has 0 radical (unpaired) electrons. The summed E-state index contributed by atoms with van der Waals surface area (Å²) in [5, 5.41) is 13.2. The molecule has 2 fully saturated rings. The number of aliphatic hydroxyl groups excluding tert-OH is 1. The van der Waals surface area contributed by atoms with Crippen LogP contribution in [0.1, 0.15) is 39.0 Å². The Kier molecular flexibility index (Phi) is 4.62. The number of hydrogen-bond acceptors (Lipinski definition) is 3. The van der Waals surface area contributed by atoms with Gasteiger partial charge in [0.05, 0.1) is 6.10 Å². The molecule has 2 N–H and O–H groups in total. The predicted octanol–water partition coefficient (Wildman–Crippen LogP) is 1.22. The molecular formula is C13H26N2O. The molecule has 94 valence electrons. The number of aliphatic hydroxyl groups is 1. The fraction of sp³-hybridized carbons (Fsp3) is 1.00. The maximum absolute atomic E-state index is 9.55. The highest BCUT2D eigenvalue weighted by atomic mass is 16.3. The molecule has 3 heteroatoms. The molecule has 0 saturated carbocycles. The Labute approximate surface area is 99.2 Å². The second-order valence-electron chi connectivity index (χ2n) is 5.53. The van der Waals surface area contributed by atoms with Crippen LogP contribution in [0, 0.1) is 5.92 Å². The van der Waals surface area contributed by atoms with Gasteiger partial charge < -0.3 is 15.3 Å². The number of rotatable bonds is 3. The van der Waals surface area contributed by atoms with Gasteiger partial charge in [0.15, 0.2) is 0 Å². The fourth-order valence-electron chi connectivity index (χ4n) is 3.01. The van der Waals surface area contributed by atoms with Gasteiger partial charge in [-0.05, 0) is 58.2 Å². The first kappa shape index (κ1) is 12.3. The van der Waals surface area contributed by atoms with Gasteiger partial charge in [-0.2, -0.15) is 0 Å². The first-order valence-electron chi connectivity index (χ1n) is 6.89. The monoisotopic (exact) mass is 226 g/mol. The minimum atomic E-state index is -0.116. The van der Waals surface area contributed by atoms with Crippen LogP contribution in [-0.2, 0) is 0 Å². The van der Waals surface area contributed by atoms with E-state index in [9.17, 15) is 5.11 Å². The zero-order valence-electron chi connectivity index (χ0n) is 10.5. The van der Waals surface area contributed by atoms with Crippen molar-refractivity contribution in [2.24, 2.45) is 5.92 Å². The van der Waals surface area contributed by atoms with E-state index in [1.807, 2.05) is 6.92 Å². The lowest BCUT2D eigenvalue weighted by Gasteiger charge is -2.36. The Morgan fingerprint density at radius 3 is 2.56 bits per heavy atom. The number of nitrogens with one attached hydrogen (secondary N) is 1. The quantitative estimate of drug-likeness (QED) is 0.759. The van der Waals surface area contributed by atoms with E-state index >= 15 is 0 Å². The summed E-state index contributed by atoms with van der Waals surface area (Å²) in [6, 6.07) is 0.719. The molecule has 0 bridgehead atoms. The molecular weight excluding hydrogens is 200 g/mol. The molecule has 2 atom stereocenters. The summed E-state index contributed by atoms with van der Waals surface area (Å²) < 4.78 is 0. The molecule has 3 nitrogen and oxygen atoms in total. The Morgan fingerprint density at radius 2 is 2.00 bits per heavy atom. The molecule has 0 amide bonds. The summed E-state index contributed by atoms with van der Waals surface area (Å²) in [6.45, 7) is 6.70. The van der Waals surface area contributed by atoms with Gasteiger partial charge in [-0.15, -0.1) is 0 Å². The lowest BCUT2D eigenvalue weighted by Crippen LogP contribution is -2.46. The van der Waals surface area contributed by atoms with Crippen LogP contribution in [0.2, 0.25) is 0 Å².